The van der Waals surface area contributed by atoms with Crippen LogP contribution in [0.1, 0.15) is 6.92 Å². The van der Waals surface area contributed by atoms with E-state index in [4.69, 9.17) is 10.5 Å². The maximum atomic E-state index is 11.7. The van der Waals surface area contributed by atoms with Gasteiger partial charge in [-0.1, -0.05) is 0 Å². The van der Waals surface area contributed by atoms with Crippen molar-refractivity contribution in [2.75, 3.05) is 17.7 Å². The zero-order chi connectivity index (χ0) is 13.9. The minimum atomic E-state index is -3.59. The third kappa shape index (κ3) is 3.13. The van der Waals surface area contributed by atoms with E-state index in [9.17, 15) is 13.2 Å². The van der Waals surface area contributed by atoms with Crippen LogP contribution >= 0.6 is 0 Å². The largest absolute Gasteiger partial charge is 0.497 e. The fraction of sp³-hybridized carbons (Fsp3) is 0.364. The van der Waals surface area contributed by atoms with Gasteiger partial charge in [-0.25, -0.2) is 8.42 Å². The molecule has 0 spiro atoms. The average Bonchev–Trinajstić information content (AvgIpc) is 2.28. The van der Waals surface area contributed by atoms with Gasteiger partial charge in [0.15, 0.2) is 0 Å². The molecule has 1 atom stereocenters. The molecule has 0 saturated carbocycles. The third-order valence-electron chi connectivity index (χ3n) is 2.45. The van der Waals surface area contributed by atoms with Gasteiger partial charge in [0.25, 0.3) is 0 Å². The molecular weight excluding hydrogens is 256 g/mol. The molecule has 18 heavy (non-hydrogen) atoms. The molecule has 0 bridgehead atoms. The number of nitrogens with zero attached hydrogens (tertiary/aromatic N) is 1. The molecule has 1 aromatic carbocycles. The zero-order valence-corrected chi connectivity index (χ0v) is 11.3. The molecule has 0 aromatic heterocycles. The van der Waals surface area contributed by atoms with Crippen molar-refractivity contribution in [1.29, 1.82) is 0 Å². The Balaban J connectivity index is 3.22. The highest BCUT2D eigenvalue weighted by Crippen LogP contribution is 2.23. The Kier molecular flexibility index (Phi) is 4.18. The van der Waals surface area contributed by atoms with Gasteiger partial charge in [0.2, 0.25) is 15.9 Å². The molecule has 0 radical (unpaired) electrons. The lowest BCUT2D eigenvalue weighted by atomic mass is 10.2. The van der Waals surface area contributed by atoms with E-state index in [-0.39, 0.29) is 0 Å². The van der Waals surface area contributed by atoms with Crippen molar-refractivity contribution in [1.82, 2.24) is 0 Å². The lowest BCUT2D eigenvalue weighted by Crippen LogP contribution is -2.45. The van der Waals surface area contributed by atoms with Gasteiger partial charge in [-0.2, -0.15) is 0 Å². The van der Waals surface area contributed by atoms with Crippen LogP contribution in [0.2, 0.25) is 0 Å². The van der Waals surface area contributed by atoms with Crippen molar-refractivity contribution in [2.45, 2.75) is 13.0 Å². The molecule has 7 heteroatoms. The van der Waals surface area contributed by atoms with Gasteiger partial charge in [-0.3, -0.25) is 9.10 Å². The van der Waals surface area contributed by atoms with Gasteiger partial charge >= 0.3 is 0 Å². The van der Waals surface area contributed by atoms with Crippen LogP contribution in [0.3, 0.4) is 0 Å². The lowest BCUT2D eigenvalue weighted by Gasteiger charge is -2.26. The molecule has 0 aliphatic rings. The minimum Gasteiger partial charge on any atom is -0.497 e. The van der Waals surface area contributed by atoms with Crippen molar-refractivity contribution in [2.24, 2.45) is 5.73 Å². The number of methoxy groups -OCH3 is 1. The Labute approximate surface area is 106 Å². The minimum absolute atomic E-state index is 0.365. The quantitative estimate of drug-likeness (QED) is 0.836. The highest BCUT2D eigenvalue weighted by Gasteiger charge is 2.27. The average molecular weight is 272 g/mol. The first-order valence-electron chi connectivity index (χ1n) is 5.20. The topological polar surface area (TPSA) is 89.7 Å². The van der Waals surface area contributed by atoms with E-state index in [1.807, 2.05) is 0 Å². The summed E-state index contributed by atoms with van der Waals surface area (Å²) in [7, 11) is -2.08. The zero-order valence-electron chi connectivity index (χ0n) is 10.5. The van der Waals surface area contributed by atoms with Gasteiger partial charge in [0.05, 0.1) is 19.1 Å². The maximum absolute atomic E-state index is 11.7. The first kappa shape index (κ1) is 14.3. The summed E-state index contributed by atoms with van der Waals surface area (Å²) in [5, 5.41) is 0. The van der Waals surface area contributed by atoms with E-state index in [0.29, 0.717) is 11.4 Å². The van der Waals surface area contributed by atoms with Crippen molar-refractivity contribution >= 4 is 21.6 Å². The Morgan fingerprint density at radius 1 is 1.33 bits per heavy atom. The van der Waals surface area contributed by atoms with Crippen LogP contribution in [0.15, 0.2) is 24.3 Å². The van der Waals surface area contributed by atoms with E-state index in [1.54, 1.807) is 24.3 Å². The van der Waals surface area contributed by atoms with Crippen LogP contribution in [0.25, 0.3) is 0 Å². The van der Waals surface area contributed by atoms with E-state index < -0.39 is 22.0 Å². The number of ether oxygens (including phenoxy) is 1. The highest BCUT2D eigenvalue weighted by molar-refractivity contribution is 7.92. The number of sulfonamides is 1. The molecule has 100 valence electrons. The SMILES string of the molecule is COc1ccc(N([C@@H](C)C(N)=O)S(C)(=O)=O)cc1. The van der Waals surface area contributed by atoms with Gasteiger partial charge in [0.1, 0.15) is 11.8 Å². The number of nitrogens with two attached hydrogens (primary N) is 1. The normalized spacial score (nSPS) is 12.8. The molecule has 0 aliphatic carbocycles. The molecule has 1 aromatic rings. The van der Waals surface area contributed by atoms with E-state index in [1.165, 1.54) is 14.0 Å². The number of primary amides is 1. The molecule has 0 heterocycles. The number of carbonyl (C=O) groups excluding carboxylic acids is 1. The summed E-state index contributed by atoms with van der Waals surface area (Å²) in [5.41, 5.74) is 5.52. The van der Waals surface area contributed by atoms with Crippen LogP contribution in [-0.4, -0.2) is 33.7 Å². The van der Waals surface area contributed by atoms with Crippen LogP contribution in [-0.2, 0) is 14.8 Å². The summed E-state index contributed by atoms with van der Waals surface area (Å²) >= 11 is 0. The number of benzene rings is 1. The van der Waals surface area contributed by atoms with E-state index in [0.717, 1.165) is 10.6 Å². The molecule has 6 nitrogen and oxygen atoms in total. The summed E-state index contributed by atoms with van der Waals surface area (Å²) in [6.45, 7) is 1.44. The summed E-state index contributed by atoms with van der Waals surface area (Å²) in [6, 6.07) is 5.38. The first-order chi connectivity index (χ1) is 8.27. The van der Waals surface area contributed by atoms with Crippen LogP contribution in [0, 0.1) is 0 Å². The second-order valence-corrected chi connectivity index (χ2v) is 5.69. The summed E-state index contributed by atoms with van der Waals surface area (Å²) in [4.78, 5) is 11.2. The van der Waals surface area contributed by atoms with Gasteiger partial charge in [-0.05, 0) is 31.2 Å². The summed E-state index contributed by atoms with van der Waals surface area (Å²) in [6.07, 6.45) is 1.02. The smallest absolute Gasteiger partial charge is 0.241 e. The van der Waals surface area contributed by atoms with Crippen LogP contribution in [0.4, 0.5) is 5.69 Å². The van der Waals surface area contributed by atoms with E-state index in [2.05, 4.69) is 0 Å². The van der Waals surface area contributed by atoms with Crippen LogP contribution in [0.5, 0.6) is 5.75 Å². The number of amides is 1. The first-order valence-corrected chi connectivity index (χ1v) is 7.05. The van der Waals surface area contributed by atoms with E-state index >= 15 is 0 Å². The molecule has 0 saturated heterocycles. The van der Waals surface area contributed by atoms with Crippen molar-refractivity contribution < 1.29 is 17.9 Å². The number of rotatable bonds is 5. The van der Waals surface area contributed by atoms with Crippen molar-refractivity contribution in [3.63, 3.8) is 0 Å². The van der Waals surface area contributed by atoms with Crippen molar-refractivity contribution in [3.05, 3.63) is 24.3 Å². The Hall–Kier alpha value is -1.76. The summed E-state index contributed by atoms with van der Waals surface area (Å²) < 4.78 is 29.4. The molecule has 0 fully saturated rings. The number of anilines is 1. The fourth-order valence-corrected chi connectivity index (χ4v) is 2.73. The van der Waals surface area contributed by atoms with Crippen molar-refractivity contribution in [3.8, 4) is 5.75 Å². The number of carbonyl (C=O) groups is 1. The summed E-state index contributed by atoms with van der Waals surface area (Å²) in [5.74, 6) is -0.116. The van der Waals surface area contributed by atoms with Gasteiger partial charge in [0, 0.05) is 0 Å². The standard InChI is InChI=1S/C11H16N2O4S/c1-8(11(12)14)13(18(3,15)16)9-4-6-10(17-2)7-5-9/h4-8H,1-3H3,(H2,12,14)/t8-/m0/s1. The molecule has 0 aliphatic heterocycles. The predicted octanol–water partition coefficient (Wildman–Crippen LogP) is 0.335. The highest BCUT2D eigenvalue weighted by atomic mass is 32.2. The Morgan fingerprint density at radius 2 is 1.83 bits per heavy atom. The molecule has 1 rings (SSSR count). The fourth-order valence-electron chi connectivity index (χ4n) is 1.55. The molecular formula is C11H16N2O4S. The molecule has 1 amide bonds. The second-order valence-electron chi connectivity index (χ2n) is 3.84. The third-order valence-corrected chi connectivity index (χ3v) is 3.69. The Bertz CT molecular complexity index is 524. The Morgan fingerprint density at radius 3 is 2.17 bits per heavy atom. The predicted molar refractivity (Wildman–Crippen MR) is 69.0 cm³/mol. The van der Waals surface area contributed by atoms with Gasteiger partial charge in [-0.15, -0.1) is 0 Å². The lowest BCUT2D eigenvalue weighted by molar-refractivity contribution is -0.118. The molecule has 2 N–H and O–H groups in total. The van der Waals surface area contributed by atoms with Gasteiger partial charge < -0.3 is 10.5 Å². The molecule has 0 unspecified atom stereocenters. The number of hydrogen-bond acceptors (Lipinski definition) is 4. The second kappa shape index (κ2) is 5.26. The monoisotopic (exact) mass is 272 g/mol. The maximum Gasteiger partial charge on any atom is 0.241 e. The number of hydrogen-bond donors (Lipinski definition) is 1. The van der Waals surface area contributed by atoms with Crippen LogP contribution < -0.4 is 14.8 Å².